The van der Waals surface area contributed by atoms with Gasteiger partial charge < -0.3 is 13.8 Å². The quantitative estimate of drug-likeness (QED) is 0.409. The minimum absolute atomic E-state index is 0.269. The number of aryl methyl sites for hydroxylation is 2. The van der Waals surface area contributed by atoms with E-state index in [1.54, 1.807) is 32.9 Å². The topological polar surface area (TPSA) is 61.8 Å². The van der Waals surface area contributed by atoms with E-state index >= 15 is 0 Å². The van der Waals surface area contributed by atoms with E-state index in [1.165, 1.54) is 6.08 Å². The molecule has 0 saturated carbocycles. The molecule has 0 N–H and O–H groups in total. The number of rotatable bonds is 8. The van der Waals surface area contributed by atoms with Crippen molar-refractivity contribution in [2.24, 2.45) is 0 Å². The molecule has 0 aliphatic rings. The maximum Gasteiger partial charge on any atom is 0.361 e. The molecule has 0 unspecified atom stereocenters. The molecule has 23 heavy (non-hydrogen) atoms. The van der Waals surface area contributed by atoms with Crippen molar-refractivity contribution in [1.29, 1.82) is 0 Å². The Hall–Kier alpha value is -1.42. The first-order chi connectivity index (χ1) is 10.9. The van der Waals surface area contributed by atoms with Gasteiger partial charge in [0.25, 0.3) is 0 Å². The summed E-state index contributed by atoms with van der Waals surface area (Å²) in [4.78, 5) is 11.5. The van der Waals surface area contributed by atoms with E-state index in [2.05, 4.69) is 0 Å². The van der Waals surface area contributed by atoms with Crippen LogP contribution >= 0.6 is 7.60 Å². The van der Waals surface area contributed by atoms with Crippen LogP contribution in [0.5, 0.6) is 0 Å². The normalized spacial score (nSPS) is 11.9. The summed E-state index contributed by atoms with van der Waals surface area (Å²) in [6, 6.07) is 3.66. The number of hydrogen-bond donors (Lipinski definition) is 0. The van der Waals surface area contributed by atoms with Gasteiger partial charge >= 0.3 is 13.6 Å². The predicted molar refractivity (Wildman–Crippen MR) is 92.1 cm³/mol. The van der Waals surface area contributed by atoms with Gasteiger partial charge in [-0.3, -0.25) is 4.57 Å². The Morgan fingerprint density at radius 3 is 2.13 bits per heavy atom. The highest BCUT2D eigenvalue weighted by Gasteiger charge is 2.29. The van der Waals surface area contributed by atoms with Crippen LogP contribution in [0.1, 0.15) is 37.5 Å². The van der Waals surface area contributed by atoms with Crippen LogP contribution in [0.25, 0.3) is 6.08 Å². The average Bonchev–Trinajstić information content (AvgIpc) is 2.48. The molecule has 0 atom stereocenters. The van der Waals surface area contributed by atoms with Gasteiger partial charge in [0.05, 0.1) is 25.1 Å². The van der Waals surface area contributed by atoms with Crippen LogP contribution in [-0.4, -0.2) is 25.8 Å². The van der Waals surface area contributed by atoms with Gasteiger partial charge in [-0.25, -0.2) is 4.79 Å². The number of esters is 1. The Morgan fingerprint density at radius 2 is 1.61 bits per heavy atom. The molecule has 5 nitrogen and oxygen atoms in total. The van der Waals surface area contributed by atoms with Crippen LogP contribution in [0.15, 0.2) is 18.2 Å². The monoisotopic (exact) mass is 340 g/mol. The zero-order valence-electron chi connectivity index (χ0n) is 14.4. The van der Waals surface area contributed by atoms with E-state index in [0.717, 1.165) is 11.1 Å². The van der Waals surface area contributed by atoms with Gasteiger partial charge in [0.1, 0.15) is 0 Å². The fourth-order valence-corrected chi connectivity index (χ4v) is 3.90. The molecule has 0 spiro atoms. The summed E-state index contributed by atoms with van der Waals surface area (Å²) in [5.74, 6) is -0.445. The zero-order chi connectivity index (χ0) is 17.5. The summed E-state index contributed by atoms with van der Waals surface area (Å²) in [5, 5.41) is 0.463. The minimum Gasteiger partial charge on any atom is -0.463 e. The van der Waals surface area contributed by atoms with Gasteiger partial charge in [0, 0.05) is 6.08 Å². The Labute approximate surface area is 138 Å². The van der Waals surface area contributed by atoms with E-state index in [-0.39, 0.29) is 13.2 Å². The summed E-state index contributed by atoms with van der Waals surface area (Å²) < 4.78 is 28.8. The molecule has 0 aromatic heterocycles. The smallest absolute Gasteiger partial charge is 0.361 e. The van der Waals surface area contributed by atoms with Crippen molar-refractivity contribution in [3.8, 4) is 0 Å². The summed E-state index contributed by atoms with van der Waals surface area (Å²) in [7, 11) is -3.43. The molecule has 0 radical (unpaired) electrons. The van der Waals surface area contributed by atoms with Gasteiger partial charge in [0.15, 0.2) is 0 Å². The Kier molecular flexibility index (Phi) is 7.69. The first-order valence-corrected chi connectivity index (χ1v) is 9.27. The van der Waals surface area contributed by atoms with Crippen LogP contribution in [0, 0.1) is 13.8 Å². The van der Waals surface area contributed by atoms with Gasteiger partial charge in [-0.05, 0) is 63.5 Å². The zero-order valence-corrected chi connectivity index (χ0v) is 15.3. The van der Waals surface area contributed by atoms with E-state index < -0.39 is 13.6 Å². The lowest BCUT2D eigenvalue weighted by Crippen LogP contribution is -2.15. The Balaban J connectivity index is 3.36. The third-order valence-corrected chi connectivity index (χ3v) is 5.40. The number of ether oxygens (including phenoxy) is 1. The van der Waals surface area contributed by atoms with E-state index in [0.29, 0.717) is 17.5 Å². The van der Waals surface area contributed by atoms with Crippen molar-refractivity contribution >= 4 is 24.9 Å². The van der Waals surface area contributed by atoms with Gasteiger partial charge in [0.2, 0.25) is 0 Å². The molecule has 6 heteroatoms. The van der Waals surface area contributed by atoms with Crippen LogP contribution in [0.3, 0.4) is 0 Å². The predicted octanol–water partition coefficient (Wildman–Crippen LogP) is 3.77. The third kappa shape index (κ3) is 5.31. The highest BCUT2D eigenvalue weighted by molar-refractivity contribution is 7.62. The van der Waals surface area contributed by atoms with Gasteiger partial charge in [-0.1, -0.05) is 6.07 Å². The molecule has 0 fully saturated rings. The lowest BCUT2D eigenvalue weighted by Gasteiger charge is -2.20. The molecule has 0 amide bonds. The van der Waals surface area contributed by atoms with Crippen molar-refractivity contribution in [1.82, 2.24) is 0 Å². The van der Waals surface area contributed by atoms with Gasteiger partial charge in [-0.15, -0.1) is 0 Å². The van der Waals surface area contributed by atoms with E-state index in [9.17, 15) is 9.36 Å². The molecule has 128 valence electrons. The molecule has 1 rings (SSSR count). The maximum atomic E-state index is 13.1. The van der Waals surface area contributed by atoms with Crippen LogP contribution in [0.2, 0.25) is 0 Å². The standard InChI is InChI=1S/C17H25O5P/c1-6-20-17(18)10-9-15-11-13(4)14(5)12-16(15)23(19,21-7-2)22-8-3/h9-12H,6-8H2,1-5H3/b10-9+. The highest BCUT2D eigenvalue weighted by Crippen LogP contribution is 2.48. The summed E-state index contributed by atoms with van der Waals surface area (Å²) >= 11 is 0. The highest BCUT2D eigenvalue weighted by atomic mass is 31.2. The fourth-order valence-electron chi connectivity index (χ4n) is 2.06. The Morgan fingerprint density at radius 1 is 1.04 bits per heavy atom. The summed E-state index contributed by atoms with van der Waals surface area (Å²) in [5.41, 5.74) is 2.64. The lowest BCUT2D eigenvalue weighted by atomic mass is 10.1. The maximum absolute atomic E-state index is 13.1. The molecular formula is C17H25O5P. The number of carbonyl (C=O) groups excluding carboxylic acids is 1. The van der Waals surface area contributed by atoms with Crippen LogP contribution in [-0.2, 0) is 23.1 Å². The molecule has 0 aliphatic heterocycles. The molecule has 0 aliphatic carbocycles. The fraction of sp³-hybridized carbons (Fsp3) is 0.471. The van der Waals surface area contributed by atoms with Crippen molar-refractivity contribution in [3.63, 3.8) is 0 Å². The number of carbonyl (C=O) groups is 1. The van der Waals surface area contributed by atoms with Crippen molar-refractivity contribution in [3.05, 3.63) is 34.9 Å². The number of hydrogen-bond acceptors (Lipinski definition) is 5. The first kappa shape index (κ1) is 19.6. The second kappa shape index (κ2) is 9.02. The molecule has 1 aromatic carbocycles. The van der Waals surface area contributed by atoms with Gasteiger partial charge in [-0.2, -0.15) is 0 Å². The summed E-state index contributed by atoms with van der Waals surface area (Å²) in [6.07, 6.45) is 2.91. The van der Waals surface area contributed by atoms with Crippen LogP contribution < -0.4 is 5.30 Å². The van der Waals surface area contributed by atoms with Crippen molar-refractivity contribution in [2.45, 2.75) is 34.6 Å². The van der Waals surface area contributed by atoms with Crippen molar-refractivity contribution in [2.75, 3.05) is 19.8 Å². The number of benzene rings is 1. The SMILES string of the molecule is CCOC(=O)/C=C/c1cc(C)c(C)cc1P(=O)(OCC)OCC. The first-order valence-electron chi connectivity index (χ1n) is 7.73. The van der Waals surface area contributed by atoms with Crippen LogP contribution in [0.4, 0.5) is 0 Å². The largest absolute Gasteiger partial charge is 0.463 e. The minimum atomic E-state index is -3.43. The molecular weight excluding hydrogens is 315 g/mol. The second-order valence-electron chi connectivity index (χ2n) is 4.91. The molecule has 0 bridgehead atoms. The average molecular weight is 340 g/mol. The second-order valence-corrected chi connectivity index (χ2v) is 6.91. The van der Waals surface area contributed by atoms with E-state index in [1.807, 2.05) is 19.9 Å². The molecule has 0 heterocycles. The lowest BCUT2D eigenvalue weighted by molar-refractivity contribution is -0.137. The Bertz CT molecular complexity index is 612. The third-order valence-electron chi connectivity index (χ3n) is 3.22. The summed E-state index contributed by atoms with van der Waals surface area (Å²) in [6.45, 7) is 10.00. The molecule has 1 aromatic rings. The van der Waals surface area contributed by atoms with E-state index in [4.69, 9.17) is 13.8 Å². The van der Waals surface area contributed by atoms with Crippen molar-refractivity contribution < 1.29 is 23.1 Å². The molecule has 0 saturated heterocycles.